The van der Waals surface area contributed by atoms with Crippen molar-refractivity contribution in [2.75, 3.05) is 124 Å². The van der Waals surface area contributed by atoms with E-state index in [1.807, 2.05) is 19.9 Å². The molecule has 0 saturated carbocycles. The zero-order valence-corrected chi connectivity index (χ0v) is 78.3. The Bertz CT molecular complexity index is 4690. The van der Waals surface area contributed by atoms with Crippen LogP contribution in [-0.2, 0) is 89.4 Å². The smallest absolute Gasteiger partial charge is 0.410 e. The highest BCUT2D eigenvalue weighted by Gasteiger charge is 2.46. The summed E-state index contributed by atoms with van der Waals surface area (Å²) in [5.41, 5.74) is 8.02. The van der Waals surface area contributed by atoms with Crippen LogP contribution in [0.3, 0.4) is 0 Å². The number of benzene rings is 5. The lowest BCUT2D eigenvalue weighted by Gasteiger charge is -2.41. The molecule has 0 aromatic heterocycles. The van der Waals surface area contributed by atoms with Crippen molar-refractivity contribution in [3.05, 3.63) is 159 Å². The number of hydrogen-bond acceptors (Lipinski definition) is 23. The average Bonchev–Trinajstić information content (AvgIpc) is 1.63. The molecule has 0 spiro atoms. The van der Waals surface area contributed by atoms with E-state index in [-0.39, 0.29) is 91.2 Å². The van der Waals surface area contributed by atoms with Crippen LogP contribution in [0.25, 0.3) is 0 Å². The fourth-order valence-electron chi connectivity index (χ4n) is 16.1. The van der Waals surface area contributed by atoms with Crippen LogP contribution in [0.4, 0.5) is 21.0 Å². The number of likely N-dealkylation sites (N-methyl/N-ethyl adjacent to an activating group) is 2. The molecule has 37 heteroatoms. The highest BCUT2D eigenvalue weighted by atomic mass is 32.2. The standard InChI is InChI=1S/C94H125N13O22S2/c1-14-59(8)79(73(123-12)53-75(109)106-41-19-23-72(106)80(124-13)60(9)83(110)99-71(92(119)120)52-61-20-16-15-17-21-61)102(10)89(116)77(57(4)5)101-86(113)78(58(6)7)103(11)94(122)129-54-62-24-30-65(31-25-62)97-84(111)70(22-18-40-96-93(95)121)98-85(112)76(56(2)3)100-74(108)55-127-50-51-128-67-34-32-66(33-35-67)107-90(117)81(130-68-36-26-63(27-37-68)87(114)104-42-46-125-47-43-104)82(91(107)118)131-69-38-28-64(29-39-69)88(115)105-44-48-126-49-45-105/h15-17,20-21,24-39,56-60,70-73,76-80H,14,18-19,22-23,40-55H2,1-13H3,(H,97,111)(H,98,112)(H,99,110)(H,100,108)(H,101,113)(H,119,120)(H3,95,96,121)/t59?,60-,70+,71+,72+,73-,76+,77+,78+,79+,80-/m1/s1. The number of likely N-dealkylation sites (tertiary alicyclic amines) is 1. The number of rotatable bonds is 46. The Balaban J connectivity index is 0.745. The van der Waals surface area contributed by atoms with E-state index in [0.29, 0.717) is 116 Å². The summed E-state index contributed by atoms with van der Waals surface area (Å²) in [7, 11) is 5.94. The molecule has 131 heavy (non-hydrogen) atoms. The number of carbonyl (C=O) groups excluding carboxylic acids is 13. The number of primary amides is 1. The van der Waals surface area contributed by atoms with E-state index >= 15 is 0 Å². The highest BCUT2D eigenvalue weighted by molar-refractivity contribution is 8.08. The molecule has 4 aliphatic heterocycles. The van der Waals surface area contributed by atoms with Crippen molar-refractivity contribution < 1.29 is 105 Å². The minimum absolute atomic E-state index is 0.0187. The molecule has 3 saturated heterocycles. The summed E-state index contributed by atoms with van der Waals surface area (Å²) in [4.78, 5) is 203. The molecule has 0 aliphatic carbocycles. The predicted molar refractivity (Wildman–Crippen MR) is 490 cm³/mol. The maximum absolute atomic E-state index is 14.9. The summed E-state index contributed by atoms with van der Waals surface area (Å²) in [6.45, 7) is 19.2. The van der Waals surface area contributed by atoms with Gasteiger partial charge in [0, 0.05) is 101 Å². The number of imide groups is 1. The molecular weight excluding hydrogens is 1730 g/mol. The highest BCUT2D eigenvalue weighted by Crippen LogP contribution is 2.45. The van der Waals surface area contributed by atoms with Gasteiger partial charge in [0.1, 0.15) is 55.8 Å². The van der Waals surface area contributed by atoms with E-state index in [2.05, 4.69) is 31.9 Å². The lowest BCUT2D eigenvalue weighted by Crippen LogP contribution is -2.60. The van der Waals surface area contributed by atoms with Crippen molar-refractivity contribution in [3.63, 3.8) is 0 Å². The molecule has 4 aliphatic rings. The van der Waals surface area contributed by atoms with E-state index in [1.54, 1.807) is 192 Å². The van der Waals surface area contributed by atoms with Crippen molar-refractivity contribution in [2.24, 2.45) is 35.3 Å². The number of urea groups is 1. The van der Waals surface area contributed by atoms with Crippen LogP contribution in [0.15, 0.2) is 147 Å². The number of amides is 14. The number of methoxy groups -OCH3 is 2. The quantitative estimate of drug-likeness (QED) is 0.0136. The number of morpholine rings is 2. The summed E-state index contributed by atoms with van der Waals surface area (Å²) in [5, 5.41) is 26.4. The van der Waals surface area contributed by atoms with Crippen molar-refractivity contribution in [1.29, 1.82) is 0 Å². The van der Waals surface area contributed by atoms with Gasteiger partial charge in [0.2, 0.25) is 41.4 Å². The van der Waals surface area contributed by atoms with Crippen molar-refractivity contribution in [2.45, 2.75) is 178 Å². The molecule has 4 heterocycles. The monoisotopic (exact) mass is 1850 g/mol. The second-order valence-corrected chi connectivity index (χ2v) is 36.0. The number of aliphatic carboxylic acids is 1. The first-order chi connectivity index (χ1) is 62.6. The zero-order chi connectivity index (χ0) is 95.3. The van der Waals surface area contributed by atoms with Crippen LogP contribution in [0, 0.1) is 29.6 Å². The molecule has 3 fully saturated rings. The maximum Gasteiger partial charge on any atom is 0.410 e. The topological polar surface area (TPSA) is 441 Å². The normalized spacial score (nSPS) is 17.0. The second-order valence-electron chi connectivity index (χ2n) is 33.8. The van der Waals surface area contributed by atoms with Crippen LogP contribution < -0.4 is 47.3 Å². The van der Waals surface area contributed by atoms with E-state index in [0.717, 1.165) is 38.9 Å². The minimum atomic E-state index is -1.21. The van der Waals surface area contributed by atoms with Gasteiger partial charge in [-0.1, -0.05) is 135 Å². The Morgan fingerprint density at radius 1 is 0.603 bits per heavy atom. The fraction of sp³-hybridized carbons (Fsp3) is 0.511. The SMILES string of the molecule is CCC(C)[C@@H]([C@@H](CC(=O)N1CCC[C@H]1[C@H](OC)[C@@H](C)C(=O)N[C@@H](Cc1ccccc1)C(=O)O)OC)N(C)C(=O)[C@@H](NC(=O)[C@H](C(C)C)N(C)C(=O)OCc1ccc(NC(=O)[C@H](CCCNC(N)=O)NC(=O)[C@@H](NC(=O)COCCOc2ccc(N3C(=O)C(Sc4ccc(C(=O)N5CCOCC5)cc4)=C(Sc4ccc(C(=O)N5CCOCC5)cc4)C3=O)cc2)C(C)C)cc1)C(C)C. The maximum atomic E-state index is 14.9. The number of nitrogens with zero attached hydrogens (tertiary/aromatic N) is 6. The van der Waals surface area contributed by atoms with Crippen molar-refractivity contribution in [3.8, 4) is 5.75 Å². The number of carbonyl (C=O) groups is 14. The molecule has 0 bridgehead atoms. The summed E-state index contributed by atoms with van der Waals surface area (Å²) in [6.07, 6.45) is -0.660. The Labute approximate surface area is 773 Å². The van der Waals surface area contributed by atoms with E-state index in [1.165, 1.54) is 26.2 Å². The van der Waals surface area contributed by atoms with Crippen LogP contribution in [0.2, 0.25) is 0 Å². The molecule has 35 nitrogen and oxygen atoms in total. The zero-order valence-electron chi connectivity index (χ0n) is 76.7. The number of anilines is 2. The molecule has 0 radical (unpaired) electrons. The molecule has 5 aromatic rings. The van der Waals surface area contributed by atoms with Gasteiger partial charge in [-0.3, -0.25) is 57.6 Å². The second kappa shape index (κ2) is 50.2. The number of carboxylic acids is 1. The van der Waals surface area contributed by atoms with E-state index in [4.69, 9.17) is 38.9 Å². The molecule has 9 rings (SSSR count). The van der Waals surface area contributed by atoms with Gasteiger partial charge in [0.25, 0.3) is 23.6 Å². The largest absolute Gasteiger partial charge is 0.491 e. The summed E-state index contributed by atoms with van der Waals surface area (Å²) in [6, 6.07) is 27.3. The first-order valence-corrected chi connectivity index (χ1v) is 45.9. The van der Waals surface area contributed by atoms with Crippen molar-refractivity contribution in [1.82, 2.24) is 51.1 Å². The number of nitrogens with one attached hydrogen (secondary N) is 6. The molecule has 1 unspecified atom stereocenters. The minimum Gasteiger partial charge on any atom is -0.491 e. The summed E-state index contributed by atoms with van der Waals surface area (Å²) >= 11 is 2.19. The lowest BCUT2D eigenvalue weighted by atomic mass is 9.89. The molecule has 9 N–H and O–H groups in total. The molecule has 14 amide bonds. The van der Waals surface area contributed by atoms with E-state index in [9.17, 15) is 72.2 Å². The van der Waals surface area contributed by atoms with Gasteiger partial charge in [-0.2, -0.15) is 0 Å². The lowest BCUT2D eigenvalue weighted by molar-refractivity contribution is -0.148. The van der Waals surface area contributed by atoms with Crippen LogP contribution in [0.5, 0.6) is 5.75 Å². The Hall–Kier alpha value is -11.5. The van der Waals surface area contributed by atoms with Gasteiger partial charge in [-0.15, -0.1) is 0 Å². The fourth-order valence-corrected chi connectivity index (χ4v) is 18.1. The van der Waals surface area contributed by atoms with Gasteiger partial charge in [0.15, 0.2) is 0 Å². The number of hydrogen-bond donors (Lipinski definition) is 8. The molecule has 710 valence electrons. The summed E-state index contributed by atoms with van der Waals surface area (Å²) in [5.74, 6) is -8.74. The third-order valence-corrected chi connectivity index (χ3v) is 25.8. The van der Waals surface area contributed by atoms with Gasteiger partial charge in [0.05, 0.1) is 85.2 Å². The Morgan fingerprint density at radius 3 is 1.69 bits per heavy atom. The average molecular weight is 1850 g/mol. The molecular formula is C94H125N13O22S2. The van der Waals surface area contributed by atoms with Gasteiger partial charge in [-0.25, -0.2) is 19.3 Å². The third kappa shape index (κ3) is 28.8. The van der Waals surface area contributed by atoms with Gasteiger partial charge >= 0.3 is 18.1 Å². The molecule has 11 atom stereocenters. The summed E-state index contributed by atoms with van der Waals surface area (Å²) < 4.78 is 40.2. The predicted octanol–water partition coefficient (Wildman–Crippen LogP) is 7.88. The Morgan fingerprint density at radius 2 is 1.17 bits per heavy atom. The van der Waals surface area contributed by atoms with Crippen LogP contribution in [0.1, 0.15) is 133 Å². The van der Waals surface area contributed by atoms with Gasteiger partial charge < -0.3 is 95.5 Å². The number of nitrogens with two attached hydrogens (primary N) is 1. The number of thioether (sulfide) groups is 2. The number of ether oxygens (including phenoxy) is 7. The Kier molecular flexibility index (Phi) is 39.6. The van der Waals surface area contributed by atoms with Crippen LogP contribution >= 0.6 is 23.5 Å². The van der Waals surface area contributed by atoms with Crippen LogP contribution in [-0.4, -0.2) is 281 Å². The molecule has 5 aromatic carbocycles. The van der Waals surface area contributed by atoms with E-state index < -0.39 is 150 Å². The third-order valence-electron chi connectivity index (χ3n) is 23.5. The first kappa shape index (κ1) is 103. The first-order valence-electron chi connectivity index (χ1n) is 44.3. The number of carboxylic acid groups (broad SMARTS) is 1. The van der Waals surface area contributed by atoms with Crippen molar-refractivity contribution >= 4 is 118 Å². The van der Waals surface area contributed by atoms with Gasteiger partial charge in [-0.05, 0) is 145 Å².